The molecule has 0 saturated heterocycles. The quantitative estimate of drug-likeness (QED) is 0.577. The van der Waals surface area contributed by atoms with Gasteiger partial charge in [0.25, 0.3) is 0 Å². The van der Waals surface area contributed by atoms with Gasteiger partial charge in [0.15, 0.2) is 5.96 Å². The highest BCUT2D eigenvalue weighted by Gasteiger charge is 2.24. The van der Waals surface area contributed by atoms with Crippen molar-refractivity contribution in [2.75, 3.05) is 13.6 Å². The van der Waals surface area contributed by atoms with E-state index in [1.165, 1.54) is 0 Å². The van der Waals surface area contributed by atoms with Crippen LogP contribution in [0.15, 0.2) is 4.99 Å². The van der Waals surface area contributed by atoms with Gasteiger partial charge in [-0.1, -0.05) is 34.6 Å². The monoisotopic (exact) mass is 213 g/mol. The molecule has 0 aromatic carbocycles. The highest BCUT2D eigenvalue weighted by Crippen LogP contribution is 2.22. The Hall–Kier alpha value is -0.730. The van der Waals surface area contributed by atoms with E-state index in [0.717, 1.165) is 6.54 Å². The van der Waals surface area contributed by atoms with Crippen LogP contribution in [0.4, 0.5) is 0 Å². The van der Waals surface area contributed by atoms with Gasteiger partial charge in [0.2, 0.25) is 0 Å². The summed E-state index contributed by atoms with van der Waals surface area (Å²) in [7, 11) is 2.01. The minimum absolute atomic E-state index is 0.215. The lowest BCUT2D eigenvalue weighted by atomic mass is 9.87. The minimum atomic E-state index is 0.215. The van der Waals surface area contributed by atoms with E-state index in [9.17, 15) is 0 Å². The van der Waals surface area contributed by atoms with Crippen LogP contribution in [0.3, 0.4) is 0 Å². The van der Waals surface area contributed by atoms with E-state index in [1.807, 2.05) is 7.05 Å². The van der Waals surface area contributed by atoms with Gasteiger partial charge < -0.3 is 10.6 Å². The molecule has 0 aromatic rings. The van der Waals surface area contributed by atoms with Gasteiger partial charge in [-0.2, -0.15) is 0 Å². The van der Waals surface area contributed by atoms with E-state index in [1.54, 1.807) is 0 Å². The third-order valence-corrected chi connectivity index (χ3v) is 2.81. The molecule has 0 amide bonds. The second kappa shape index (κ2) is 5.38. The Morgan fingerprint density at radius 3 is 2.07 bits per heavy atom. The van der Waals surface area contributed by atoms with Crippen LogP contribution in [-0.2, 0) is 0 Å². The summed E-state index contributed by atoms with van der Waals surface area (Å²) in [5.74, 6) is 1.20. The molecule has 3 heteroatoms. The molecule has 0 radical (unpaired) electrons. The fourth-order valence-corrected chi connectivity index (χ4v) is 1.17. The number of guanidine groups is 1. The van der Waals surface area contributed by atoms with Gasteiger partial charge in [-0.15, -0.1) is 0 Å². The maximum Gasteiger partial charge on any atom is 0.191 e. The summed E-state index contributed by atoms with van der Waals surface area (Å²) < 4.78 is 0. The normalized spacial score (nSPS) is 15.6. The van der Waals surface area contributed by atoms with Gasteiger partial charge in [0, 0.05) is 19.6 Å². The van der Waals surface area contributed by atoms with Crippen LogP contribution in [0, 0.1) is 11.3 Å². The molecule has 15 heavy (non-hydrogen) atoms. The molecule has 0 aliphatic rings. The molecule has 1 atom stereocenters. The SMILES string of the molecule is CC(C)CN=C(N)N(C)C(C)C(C)(C)C. The lowest BCUT2D eigenvalue weighted by Crippen LogP contribution is -2.46. The highest BCUT2D eigenvalue weighted by atomic mass is 15.3. The second-order valence-electron chi connectivity index (χ2n) is 5.75. The standard InChI is InChI=1S/C12H27N3/c1-9(2)8-14-11(13)15(7)10(3)12(4,5)6/h9-10H,8H2,1-7H3,(H2,13,14). The lowest BCUT2D eigenvalue weighted by Gasteiger charge is -2.36. The number of hydrogen-bond donors (Lipinski definition) is 1. The molecule has 0 saturated carbocycles. The van der Waals surface area contributed by atoms with Gasteiger partial charge in [0.05, 0.1) is 0 Å². The average molecular weight is 213 g/mol. The predicted octanol–water partition coefficient (Wildman–Crippen LogP) is 2.32. The third kappa shape index (κ3) is 5.05. The van der Waals surface area contributed by atoms with Crippen molar-refractivity contribution in [2.24, 2.45) is 22.1 Å². The molecule has 0 rings (SSSR count). The van der Waals surface area contributed by atoms with Gasteiger partial charge in [-0.25, -0.2) is 0 Å². The van der Waals surface area contributed by atoms with Gasteiger partial charge in [0.1, 0.15) is 0 Å². The molecule has 0 aliphatic carbocycles. The van der Waals surface area contributed by atoms with Crippen molar-refractivity contribution >= 4 is 5.96 Å². The molecule has 0 fully saturated rings. The summed E-state index contributed by atoms with van der Waals surface area (Å²) in [4.78, 5) is 6.44. The van der Waals surface area contributed by atoms with Gasteiger partial charge in [-0.05, 0) is 18.3 Å². The molecule has 90 valence electrons. The minimum Gasteiger partial charge on any atom is -0.370 e. The zero-order chi connectivity index (χ0) is 12.2. The predicted molar refractivity (Wildman–Crippen MR) is 68.0 cm³/mol. The van der Waals surface area contributed by atoms with E-state index < -0.39 is 0 Å². The Morgan fingerprint density at radius 2 is 1.73 bits per heavy atom. The van der Waals surface area contributed by atoms with E-state index >= 15 is 0 Å². The summed E-state index contributed by atoms with van der Waals surface area (Å²) >= 11 is 0. The first-order valence-electron chi connectivity index (χ1n) is 5.69. The number of rotatable bonds is 3. The van der Waals surface area contributed by atoms with Crippen LogP contribution in [0.25, 0.3) is 0 Å². The van der Waals surface area contributed by atoms with Gasteiger partial charge >= 0.3 is 0 Å². The zero-order valence-corrected chi connectivity index (χ0v) is 11.3. The molecule has 3 nitrogen and oxygen atoms in total. The molecular weight excluding hydrogens is 186 g/mol. The largest absolute Gasteiger partial charge is 0.370 e. The van der Waals surface area contributed by atoms with Crippen molar-refractivity contribution in [2.45, 2.75) is 47.6 Å². The Balaban J connectivity index is 4.44. The molecular formula is C12H27N3. The third-order valence-electron chi connectivity index (χ3n) is 2.81. The topological polar surface area (TPSA) is 41.6 Å². The summed E-state index contributed by atoms with van der Waals surface area (Å²) in [5.41, 5.74) is 6.15. The smallest absolute Gasteiger partial charge is 0.191 e. The molecule has 0 aliphatic heterocycles. The number of nitrogens with two attached hydrogens (primary N) is 1. The molecule has 2 N–H and O–H groups in total. The van der Waals surface area contributed by atoms with Gasteiger partial charge in [-0.3, -0.25) is 4.99 Å². The maximum atomic E-state index is 5.94. The lowest BCUT2D eigenvalue weighted by molar-refractivity contribution is 0.206. The second-order valence-corrected chi connectivity index (χ2v) is 5.75. The molecule has 0 aromatic heterocycles. The Kier molecular flexibility index (Phi) is 5.12. The van der Waals surface area contributed by atoms with Crippen molar-refractivity contribution in [3.05, 3.63) is 0 Å². The zero-order valence-electron chi connectivity index (χ0n) is 11.3. The van der Waals surface area contributed by atoms with Crippen LogP contribution in [0.1, 0.15) is 41.5 Å². The maximum absolute atomic E-state index is 5.94. The fraction of sp³-hybridized carbons (Fsp3) is 0.917. The first kappa shape index (κ1) is 14.3. The van der Waals surface area contributed by atoms with Crippen LogP contribution >= 0.6 is 0 Å². The van der Waals surface area contributed by atoms with Crippen molar-refractivity contribution < 1.29 is 0 Å². The summed E-state index contributed by atoms with van der Waals surface area (Å²) in [6.07, 6.45) is 0. The summed E-state index contributed by atoms with van der Waals surface area (Å²) in [6, 6.07) is 0.383. The van der Waals surface area contributed by atoms with Crippen LogP contribution in [-0.4, -0.2) is 30.5 Å². The van der Waals surface area contributed by atoms with E-state index in [0.29, 0.717) is 17.9 Å². The molecule has 1 unspecified atom stereocenters. The summed E-state index contributed by atoms with van der Waals surface area (Å²) in [5, 5.41) is 0. The van der Waals surface area contributed by atoms with E-state index in [-0.39, 0.29) is 5.41 Å². The van der Waals surface area contributed by atoms with Crippen LogP contribution in [0.2, 0.25) is 0 Å². The number of nitrogens with zero attached hydrogens (tertiary/aromatic N) is 2. The van der Waals surface area contributed by atoms with Crippen molar-refractivity contribution in [1.82, 2.24) is 4.90 Å². The number of aliphatic imine (C=N–C) groups is 1. The molecule has 0 spiro atoms. The fourth-order valence-electron chi connectivity index (χ4n) is 1.17. The Labute approximate surface area is 94.7 Å². The van der Waals surface area contributed by atoms with Crippen molar-refractivity contribution in [3.8, 4) is 0 Å². The number of hydrogen-bond acceptors (Lipinski definition) is 1. The van der Waals surface area contributed by atoms with E-state index in [4.69, 9.17) is 5.73 Å². The summed E-state index contributed by atoms with van der Waals surface area (Å²) in [6.45, 7) is 13.9. The molecule has 0 heterocycles. The van der Waals surface area contributed by atoms with Crippen LogP contribution in [0.5, 0.6) is 0 Å². The first-order valence-corrected chi connectivity index (χ1v) is 5.69. The highest BCUT2D eigenvalue weighted by molar-refractivity contribution is 5.78. The first-order chi connectivity index (χ1) is 6.66. The van der Waals surface area contributed by atoms with Crippen molar-refractivity contribution in [1.29, 1.82) is 0 Å². The Morgan fingerprint density at radius 1 is 1.27 bits per heavy atom. The Bertz CT molecular complexity index is 213. The average Bonchev–Trinajstić information content (AvgIpc) is 2.10. The van der Waals surface area contributed by atoms with E-state index in [2.05, 4.69) is 51.4 Å². The molecule has 0 bridgehead atoms. The van der Waals surface area contributed by atoms with Crippen LogP contribution < -0.4 is 5.73 Å². The van der Waals surface area contributed by atoms with Crippen molar-refractivity contribution in [3.63, 3.8) is 0 Å².